The van der Waals surface area contributed by atoms with E-state index in [1.54, 1.807) is 12.1 Å². The van der Waals surface area contributed by atoms with Crippen molar-refractivity contribution in [2.24, 2.45) is 12.0 Å². The number of halogens is 5. The summed E-state index contributed by atoms with van der Waals surface area (Å²) in [6.07, 6.45) is -2.97. The number of imidazole rings is 1. The van der Waals surface area contributed by atoms with Gasteiger partial charge in [-0.05, 0) is 31.5 Å². The molecule has 0 saturated carbocycles. The van der Waals surface area contributed by atoms with Crippen LogP contribution in [0.3, 0.4) is 0 Å². The summed E-state index contributed by atoms with van der Waals surface area (Å²) in [5.41, 5.74) is -2.15. The molecule has 0 aliphatic heterocycles. The van der Waals surface area contributed by atoms with Gasteiger partial charge in [0.15, 0.2) is 5.96 Å². The maximum absolute atomic E-state index is 13.6. The predicted molar refractivity (Wildman–Crippen MR) is 122 cm³/mol. The van der Waals surface area contributed by atoms with E-state index in [2.05, 4.69) is 20.6 Å². The zero-order chi connectivity index (χ0) is 21.7. The lowest BCUT2D eigenvalue weighted by atomic mass is 9.98. The number of aliphatic imine (C=N–C) groups is 1. The summed E-state index contributed by atoms with van der Waals surface area (Å²) in [6, 6.07) is 7.08. The average molecular weight is 560 g/mol. The summed E-state index contributed by atoms with van der Waals surface area (Å²) in [4.78, 5) is 7.89. The molecule has 0 radical (unpaired) electrons. The van der Waals surface area contributed by atoms with Gasteiger partial charge in [0.1, 0.15) is 5.82 Å². The van der Waals surface area contributed by atoms with Crippen molar-refractivity contribution in [3.8, 4) is 0 Å². The van der Waals surface area contributed by atoms with Crippen LogP contribution in [0.4, 0.5) is 13.2 Å². The van der Waals surface area contributed by atoms with Gasteiger partial charge in [-0.1, -0.05) is 23.7 Å². The Morgan fingerprint density at radius 2 is 1.93 bits per heavy atom. The molecule has 0 aliphatic rings. The van der Waals surface area contributed by atoms with E-state index in [1.165, 1.54) is 19.4 Å². The Balaban J connectivity index is 0.00000450. The second-order valence-corrected chi connectivity index (χ2v) is 7.08. The van der Waals surface area contributed by atoms with Crippen LogP contribution < -0.4 is 10.6 Å². The molecule has 168 valence electrons. The second-order valence-electron chi connectivity index (χ2n) is 6.65. The molecular weight excluding hydrogens is 534 g/mol. The molecule has 2 unspecified atom stereocenters. The summed E-state index contributed by atoms with van der Waals surface area (Å²) in [6.45, 7) is 4.02. The first-order valence-corrected chi connectivity index (χ1v) is 9.53. The monoisotopic (exact) mass is 559 g/mol. The molecule has 30 heavy (non-hydrogen) atoms. The zero-order valence-corrected chi connectivity index (χ0v) is 20.0. The van der Waals surface area contributed by atoms with Crippen LogP contribution in [0.5, 0.6) is 0 Å². The fourth-order valence-corrected chi connectivity index (χ4v) is 2.96. The van der Waals surface area contributed by atoms with Gasteiger partial charge in [-0.2, -0.15) is 13.2 Å². The minimum Gasteiger partial charge on any atom is -0.374 e. The number of rotatable bonds is 7. The summed E-state index contributed by atoms with van der Waals surface area (Å²) < 4.78 is 41.9. The van der Waals surface area contributed by atoms with E-state index in [4.69, 9.17) is 11.6 Å². The first-order chi connectivity index (χ1) is 13.6. The molecule has 0 spiro atoms. The largest absolute Gasteiger partial charge is 0.424 e. The second kappa shape index (κ2) is 11.2. The fourth-order valence-electron chi connectivity index (χ4n) is 2.83. The number of nitrogens with zero attached hydrogens (tertiary/aromatic N) is 3. The standard InChI is InChI=1S/C19H25ClF3N5O.HI/c1-4-24-17(27-13(2)14-5-7-15(20)8-6-14)26-10-9-18(29,19(21,22)23)16-25-11-12-28(16)3;/h5-8,11-13,29H,4,9-10H2,1-3H3,(H2,24,26,27);1H. The van der Waals surface area contributed by atoms with Crippen molar-refractivity contribution in [2.75, 3.05) is 13.1 Å². The first kappa shape index (κ1) is 26.5. The van der Waals surface area contributed by atoms with Crippen LogP contribution in [0.25, 0.3) is 0 Å². The van der Waals surface area contributed by atoms with Crippen molar-refractivity contribution in [3.63, 3.8) is 0 Å². The van der Waals surface area contributed by atoms with E-state index >= 15 is 0 Å². The number of aromatic nitrogens is 2. The van der Waals surface area contributed by atoms with Gasteiger partial charge in [0.05, 0.1) is 6.04 Å². The highest BCUT2D eigenvalue weighted by Crippen LogP contribution is 2.40. The first-order valence-electron chi connectivity index (χ1n) is 9.15. The summed E-state index contributed by atoms with van der Waals surface area (Å²) >= 11 is 5.89. The predicted octanol–water partition coefficient (Wildman–Crippen LogP) is 4.15. The lowest BCUT2D eigenvalue weighted by Gasteiger charge is -2.29. The fraction of sp³-hybridized carbons (Fsp3) is 0.474. The topological polar surface area (TPSA) is 74.5 Å². The van der Waals surface area contributed by atoms with Gasteiger partial charge in [-0.25, -0.2) is 4.98 Å². The quantitative estimate of drug-likeness (QED) is 0.271. The van der Waals surface area contributed by atoms with E-state index in [1.807, 2.05) is 26.0 Å². The highest BCUT2D eigenvalue weighted by Gasteiger charge is 2.57. The Morgan fingerprint density at radius 1 is 1.30 bits per heavy atom. The van der Waals surface area contributed by atoms with Gasteiger partial charge in [-0.15, -0.1) is 24.0 Å². The van der Waals surface area contributed by atoms with E-state index in [9.17, 15) is 18.3 Å². The Morgan fingerprint density at radius 3 is 2.43 bits per heavy atom. The van der Waals surface area contributed by atoms with Gasteiger partial charge in [0.2, 0.25) is 5.60 Å². The zero-order valence-electron chi connectivity index (χ0n) is 16.9. The number of hydrogen-bond acceptors (Lipinski definition) is 3. The molecule has 2 aromatic rings. The summed E-state index contributed by atoms with van der Waals surface area (Å²) in [5.74, 6) is -0.119. The van der Waals surface area contributed by atoms with E-state index in [-0.39, 0.29) is 36.6 Å². The third-order valence-corrected chi connectivity index (χ3v) is 4.72. The van der Waals surface area contributed by atoms with Gasteiger partial charge in [0.25, 0.3) is 0 Å². The number of hydrogen-bond donors (Lipinski definition) is 3. The molecule has 1 heterocycles. The number of benzene rings is 1. The highest BCUT2D eigenvalue weighted by atomic mass is 127. The summed E-state index contributed by atoms with van der Waals surface area (Å²) in [7, 11) is 1.40. The molecule has 1 aromatic carbocycles. The summed E-state index contributed by atoms with van der Waals surface area (Å²) in [5, 5.41) is 17.1. The molecule has 0 bridgehead atoms. The number of aryl methyl sites for hydroxylation is 1. The Bertz CT molecular complexity index is 828. The molecular formula is C19H26ClF3IN5O. The lowest BCUT2D eigenvalue weighted by Crippen LogP contribution is -2.45. The van der Waals surface area contributed by atoms with Gasteiger partial charge in [0, 0.05) is 44.0 Å². The normalized spacial score (nSPS) is 15.1. The van der Waals surface area contributed by atoms with Crippen LogP contribution in [0.2, 0.25) is 5.02 Å². The maximum Gasteiger partial charge on any atom is 0.424 e. The smallest absolute Gasteiger partial charge is 0.374 e. The highest BCUT2D eigenvalue weighted by molar-refractivity contribution is 14.0. The Kier molecular flexibility index (Phi) is 9.89. The van der Waals surface area contributed by atoms with Gasteiger partial charge < -0.3 is 20.3 Å². The number of nitrogens with one attached hydrogen (secondary N) is 2. The van der Waals surface area contributed by atoms with Gasteiger partial charge >= 0.3 is 6.18 Å². The SMILES string of the molecule is CCNC(=NCCC(O)(c1nccn1C)C(F)(F)F)NC(C)c1ccc(Cl)cc1.I. The lowest BCUT2D eigenvalue weighted by molar-refractivity contribution is -0.272. The van der Waals surface area contributed by atoms with Crippen LogP contribution in [0, 0.1) is 0 Å². The number of aliphatic hydroxyl groups is 1. The molecule has 0 amide bonds. The Labute approximate surface area is 196 Å². The van der Waals surface area contributed by atoms with Crippen molar-refractivity contribution in [3.05, 3.63) is 53.1 Å². The molecule has 2 rings (SSSR count). The van der Waals surface area contributed by atoms with E-state index in [0.29, 0.717) is 17.5 Å². The molecule has 0 fully saturated rings. The minimum absolute atomic E-state index is 0. The average Bonchev–Trinajstić information content (AvgIpc) is 3.07. The van der Waals surface area contributed by atoms with Crippen LogP contribution >= 0.6 is 35.6 Å². The molecule has 1 aromatic heterocycles. The van der Waals surface area contributed by atoms with E-state index in [0.717, 1.165) is 10.1 Å². The molecule has 11 heteroatoms. The van der Waals surface area contributed by atoms with Crippen LogP contribution in [-0.2, 0) is 12.6 Å². The molecule has 0 saturated heterocycles. The van der Waals surface area contributed by atoms with E-state index < -0.39 is 24.0 Å². The van der Waals surface area contributed by atoms with Gasteiger partial charge in [-0.3, -0.25) is 4.99 Å². The van der Waals surface area contributed by atoms with Crippen molar-refractivity contribution in [1.29, 1.82) is 0 Å². The number of guanidine groups is 1. The molecule has 2 atom stereocenters. The molecule has 3 N–H and O–H groups in total. The van der Waals surface area contributed by atoms with Crippen molar-refractivity contribution in [1.82, 2.24) is 20.2 Å². The van der Waals surface area contributed by atoms with Crippen molar-refractivity contribution in [2.45, 2.75) is 38.1 Å². The third kappa shape index (κ3) is 6.48. The van der Waals surface area contributed by atoms with Crippen molar-refractivity contribution >= 4 is 41.5 Å². The third-order valence-electron chi connectivity index (χ3n) is 4.47. The van der Waals surface area contributed by atoms with Crippen LogP contribution in [-0.4, -0.2) is 39.9 Å². The molecule has 0 aliphatic carbocycles. The molecule has 6 nitrogen and oxygen atoms in total. The maximum atomic E-state index is 13.6. The van der Waals surface area contributed by atoms with Crippen molar-refractivity contribution < 1.29 is 18.3 Å². The van der Waals surface area contributed by atoms with Crippen LogP contribution in [0.1, 0.15) is 37.7 Å². The number of alkyl halides is 3. The van der Waals surface area contributed by atoms with Crippen LogP contribution in [0.15, 0.2) is 41.7 Å². The Hall–Kier alpha value is -1.53. The minimum atomic E-state index is -4.88.